The molecule has 0 aliphatic carbocycles. The van der Waals surface area contributed by atoms with Crippen LogP contribution in [0.1, 0.15) is 12.5 Å². The van der Waals surface area contributed by atoms with Crippen molar-refractivity contribution in [3.8, 4) is 11.5 Å². The number of carbonyl (C=O) groups is 1. The molecule has 0 aromatic heterocycles. The number of nitrogens with zero attached hydrogens (tertiary/aromatic N) is 1. The van der Waals surface area contributed by atoms with Crippen molar-refractivity contribution in [1.29, 1.82) is 0 Å². The molecule has 0 radical (unpaired) electrons. The molecule has 0 bridgehead atoms. The summed E-state index contributed by atoms with van der Waals surface area (Å²) >= 11 is 5.78. The van der Waals surface area contributed by atoms with Crippen LogP contribution in [0.3, 0.4) is 0 Å². The molecule has 0 spiro atoms. The lowest BCUT2D eigenvalue weighted by Crippen LogP contribution is -2.16. The van der Waals surface area contributed by atoms with Crippen molar-refractivity contribution in [2.75, 3.05) is 25.6 Å². The van der Waals surface area contributed by atoms with E-state index < -0.39 is 0 Å². The van der Waals surface area contributed by atoms with E-state index in [9.17, 15) is 4.79 Å². The molecule has 132 valence electrons. The van der Waals surface area contributed by atoms with Gasteiger partial charge < -0.3 is 19.6 Å². The number of anilines is 1. The van der Waals surface area contributed by atoms with Crippen molar-refractivity contribution in [1.82, 2.24) is 0 Å². The number of carbonyl (C=O) groups excluding carboxylic acids is 1. The largest absolute Gasteiger partial charge is 0.493 e. The van der Waals surface area contributed by atoms with Gasteiger partial charge in [0.25, 0.3) is 5.91 Å². The summed E-state index contributed by atoms with van der Waals surface area (Å²) in [5.74, 6) is 0.945. The predicted octanol–water partition coefficient (Wildman–Crippen LogP) is 3.74. The van der Waals surface area contributed by atoms with Gasteiger partial charge in [0.2, 0.25) is 0 Å². The Bertz CT molecular complexity index is 732. The Balaban J connectivity index is 1.84. The minimum atomic E-state index is -0.316. The number of nitrogens with one attached hydrogen (secondary N) is 1. The molecule has 2 aromatic rings. The molecule has 1 N–H and O–H groups in total. The minimum Gasteiger partial charge on any atom is -0.493 e. The zero-order chi connectivity index (χ0) is 18.1. The fourth-order valence-corrected chi connectivity index (χ4v) is 2.09. The van der Waals surface area contributed by atoms with E-state index in [1.807, 2.05) is 13.0 Å². The van der Waals surface area contributed by atoms with Crippen LogP contribution in [-0.2, 0) is 9.63 Å². The summed E-state index contributed by atoms with van der Waals surface area (Å²) in [6.07, 6.45) is 1.49. The first-order valence-corrected chi connectivity index (χ1v) is 8.01. The summed E-state index contributed by atoms with van der Waals surface area (Å²) in [7, 11) is 1.57. The Kier molecular flexibility index (Phi) is 7.10. The fourth-order valence-electron chi connectivity index (χ4n) is 1.96. The molecule has 7 heteroatoms. The average Bonchev–Trinajstić information content (AvgIpc) is 2.62. The topological polar surface area (TPSA) is 69.2 Å². The monoisotopic (exact) mass is 362 g/mol. The maximum atomic E-state index is 11.7. The third-order valence-electron chi connectivity index (χ3n) is 3.09. The molecule has 0 atom stereocenters. The highest BCUT2D eigenvalue weighted by Gasteiger charge is 2.05. The Morgan fingerprint density at radius 3 is 2.64 bits per heavy atom. The van der Waals surface area contributed by atoms with Gasteiger partial charge in [-0.15, -0.1) is 0 Å². The molecule has 1 amide bonds. The molecule has 6 nitrogen and oxygen atoms in total. The normalized spacial score (nSPS) is 10.5. The van der Waals surface area contributed by atoms with Crippen LogP contribution >= 0.6 is 11.6 Å². The number of hydrogen-bond donors (Lipinski definition) is 1. The molecule has 25 heavy (non-hydrogen) atoms. The summed E-state index contributed by atoms with van der Waals surface area (Å²) < 4.78 is 10.7. The van der Waals surface area contributed by atoms with Crippen LogP contribution in [-0.4, -0.2) is 32.4 Å². The van der Waals surface area contributed by atoms with Gasteiger partial charge in [-0.3, -0.25) is 4.79 Å². The van der Waals surface area contributed by atoms with Crippen molar-refractivity contribution >= 4 is 29.4 Å². The lowest BCUT2D eigenvalue weighted by Gasteiger charge is -2.09. The second-order valence-electron chi connectivity index (χ2n) is 4.91. The van der Waals surface area contributed by atoms with Crippen molar-refractivity contribution in [2.24, 2.45) is 5.16 Å². The van der Waals surface area contributed by atoms with Crippen LogP contribution in [0.4, 0.5) is 5.69 Å². The lowest BCUT2D eigenvalue weighted by molar-refractivity contribution is -0.120. The van der Waals surface area contributed by atoms with Gasteiger partial charge >= 0.3 is 0 Å². The zero-order valence-electron chi connectivity index (χ0n) is 14.0. The lowest BCUT2D eigenvalue weighted by atomic mass is 10.2. The van der Waals surface area contributed by atoms with E-state index in [1.54, 1.807) is 43.5 Å². The maximum absolute atomic E-state index is 11.7. The number of benzene rings is 2. The number of rotatable bonds is 8. The Morgan fingerprint density at radius 2 is 1.96 bits per heavy atom. The quantitative estimate of drug-likeness (QED) is 0.573. The molecule has 0 aliphatic heterocycles. The summed E-state index contributed by atoms with van der Waals surface area (Å²) in [5, 5.41) is 7.06. The maximum Gasteiger partial charge on any atom is 0.265 e. The number of halogens is 1. The molecule has 0 saturated heterocycles. The highest BCUT2D eigenvalue weighted by atomic mass is 35.5. The molecule has 2 rings (SSSR count). The van der Waals surface area contributed by atoms with Crippen LogP contribution in [0, 0.1) is 0 Å². The molecule has 0 unspecified atom stereocenters. The zero-order valence-corrected chi connectivity index (χ0v) is 14.7. The molecule has 0 heterocycles. The van der Waals surface area contributed by atoms with Gasteiger partial charge in [-0.2, -0.15) is 0 Å². The average molecular weight is 363 g/mol. The van der Waals surface area contributed by atoms with Crippen LogP contribution in [0.25, 0.3) is 0 Å². The number of oxime groups is 1. The van der Waals surface area contributed by atoms with E-state index in [1.165, 1.54) is 6.21 Å². The molecular formula is C18H19ClN2O4. The van der Waals surface area contributed by atoms with Crippen molar-refractivity contribution in [2.45, 2.75) is 6.92 Å². The van der Waals surface area contributed by atoms with Crippen LogP contribution in [0.2, 0.25) is 5.02 Å². The van der Waals surface area contributed by atoms with Crippen molar-refractivity contribution in [3.05, 3.63) is 53.1 Å². The van der Waals surface area contributed by atoms with E-state index >= 15 is 0 Å². The number of amides is 1. The van der Waals surface area contributed by atoms with Crippen molar-refractivity contribution < 1.29 is 19.1 Å². The minimum absolute atomic E-state index is 0.201. The molecule has 0 fully saturated rings. The van der Waals surface area contributed by atoms with Crippen molar-refractivity contribution in [3.63, 3.8) is 0 Å². The fraction of sp³-hybridized carbons (Fsp3) is 0.222. The highest BCUT2D eigenvalue weighted by molar-refractivity contribution is 6.30. The Hall–Kier alpha value is -2.73. The van der Waals surface area contributed by atoms with E-state index in [4.69, 9.17) is 25.9 Å². The smallest absolute Gasteiger partial charge is 0.265 e. The van der Waals surface area contributed by atoms with Gasteiger partial charge in [0.1, 0.15) is 0 Å². The van der Waals surface area contributed by atoms with Crippen LogP contribution in [0.15, 0.2) is 47.6 Å². The van der Waals surface area contributed by atoms with Crippen LogP contribution in [0.5, 0.6) is 11.5 Å². The summed E-state index contributed by atoms with van der Waals surface area (Å²) in [4.78, 5) is 16.8. The highest BCUT2D eigenvalue weighted by Crippen LogP contribution is 2.27. The van der Waals surface area contributed by atoms with Crippen LogP contribution < -0.4 is 14.8 Å². The van der Waals surface area contributed by atoms with E-state index in [0.29, 0.717) is 28.8 Å². The second kappa shape index (κ2) is 9.54. The summed E-state index contributed by atoms with van der Waals surface area (Å²) in [6, 6.07) is 12.2. The van der Waals surface area contributed by atoms with Gasteiger partial charge in [-0.25, -0.2) is 0 Å². The standard InChI is InChI=1S/C18H19ClN2O4/c1-3-24-16-9-4-13(10-17(16)23-2)11-20-25-12-18(22)21-15-7-5-14(19)6-8-15/h4-11H,3,12H2,1-2H3,(H,21,22). The third-order valence-corrected chi connectivity index (χ3v) is 3.34. The Labute approximate surface area is 151 Å². The van der Waals surface area contributed by atoms with Gasteiger partial charge in [0.05, 0.1) is 19.9 Å². The molecule has 0 saturated carbocycles. The first-order valence-electron chi connectivity index (χ1n) is 7.64. The number of ether oxygens (including phenoxy) is 2. The number of hydrogen-bond acceptors (Lipinski definition) is 5. The van der Waals surface area contributed by atoms with E-state index in [0.717, 1.165) is 5.56 Å². The summed E-state index contributed by atoms with van der Waals surface area (Å²) in [5.41, 5.74) is 1.40. The van der Waals surface area contributed by atoms with Gasteiger partial charge in [0.15, 0.2) is 18.1 Å². The SMILES string of the molecule is CCOc1ccc(C=NOCC(=O)Nc2ccc(Cl)cc2)cc1OC. The first kappa shape index (κ1) is 18.6. The van der Waals surface area contributed by atoms with E-state index in [-0.39, 0.29) is 12.5 Å². The number of methoxy groups -OCH3 is 1. The Morgan fingerprint density at radius 1 is 1.20 bits per heavy atom. The van der Waals surface area contributed by atoms with Gasteiger partial charge in [-0.1, -0.05) is 16.8 Å². The van der Waals surface area contributed by atoms with Gasteiger partial charge in [0, 0.05) is 16.3 Å². The first-order chi connectivity index (χ1) is 12.1. The third kappa shape index (κ3) is 6.00. The summed E-state index contributed by atoms with van der Waals surface area (Å²) in [6.45, 7) is 2.25. The van der Waals surface area contributed by atoms with Gasteiger partial charge in [-0.05, 0) is 49.4 Å². The molecular weight excluding hydrogens is 344 g/mol. The van der Waals surface area contributed by atoms with E-state index in [2.05, 4.69) is 10.5 Å². The molecule has 0 aliphatic rings. The predicted molar refractivity (Wildman–Crippen MR) is 97.8 cm³/mol. The molecule has 2 aromatic carbocycles. The second-order valence-corrected chi connectivity index (χ2v) is 5.34.